The second-order valence-electron chi connectivity index (χ2n) is 4.22. The molecule has 0 saturated carbocycles. The quantitative estimate of drug-likeness (QED) is 0.899. The number of carboxylic acid groups (broad SMARTS) is 1. The number of para-hydroxylation sites is 1. The molecule has 0 amide bonds. The number of benzene rings is 1. The Labute approximate surface area is 118 Å². The van der Waals surface area contributed by atoms with Crippen molar-refractivity contribution in [2.24, 2.45) is 0 Å². The fourth-order valence-electron chi connectivity index (χ4n) is 1.55. The predicted molar refractivity (Wildman–Crippen MR) is 69.5 cm³/mol. The average molecular weight is 295 g/mol. The second-order valence-corrected chi connectivity index (χ2v) is 4.22. The van der Waals surface area contributed by atoms with E-state index in [1.54, 1.807) is 18.2 Å². The van der Waals surface area contributed by atoms with Crippen LogP contribution in [-0.4, -0.2) is 21.0 Å². The van der Waals surface area contributed by atoms with Crippen LogP contribution in [0.15, 0.2) is 30.3 Å². The van der Waals surface area contributed by atoms with E-state index >= 15 is 0 Å². The van der Waals surface area contributed by atoms with Gasteiger partial charge in [-0.3, -0.25) is 0 Å². The molecule has 0 saturated heterocycles. The summed E-state index contributed by atoms with van der Waals surface area (Å²) in [6.07, 6.45) is 0. The van der Waals surface area contributed by atoms with Crippen molar-refractivity contribution in [3.05, 3.63) is 41.7 Å². The first-order valence-electron chi connectivity index (χ1n) is 5.81. The number of halogens is 2. The molecule has 3 N–H and O–H groups in total. The molecule has 0 bridgehead atoms. The number of nitrogens with zero attached hydrogens (tertiary/aromatic N) is 2. The molecule has 21 heavy (non-hydrogen) atoms. The van der Waals surface area contributed by atoms with Gasteiger partial charge in [0.1, 0.15) is 5.75 Å². The van der Waals surface area contributed by atoms with Gasteiger partial charge in [-0.2, -0.15) is 8.78 Å². The summed E-state index contributed by atoms with van der Waals surface area (Å²) in [4.78, 5) is 17.9. The molecule has 2 rings (SSSR count). The lowest BCUT2D eigenvalue weighted by molar-refractivity contribution is 0.0100. The van der Waals surface area contributed by atoms with Crippen molar-refractivity contribution < 1.29 is 23.4 Å². The first-order chi connectivity index (χ1) is 9.79. The number of ether oxygens (including phenoxy) is 1. The van der Waals surface area contributed by atoms with Gasteiger partial charge in [-0.15, -0.1) is 0 Å². The summed E-state index contributed by atoms with van der Waals surface area (Å²) in [6.45, 7) is 0.592. The van der Waals surface area contributed by atoms with E-state index in [2.05, 4.69) is 9.97 Å². The zero-order valence-corrected chi connectivity index (χ0v) is 10.9. The Morgan fingerprint density at radius 3 is 2.43 bits per heavy atom. The van der Waals surface area contributed by atoms with Gasteiger partial charge in [0.2, 0.25) is 5.88 Å². The number of aromatic nitrogens is 2. The SMILES string of the molecule is CC(F)(F)c1nc(N)c(C(=O)O)nc1Oc1ccccc1. The highest BCUT2D eigenvalue weighted by Gasteiger charge is 2.34. The van der Waals surface area contributed by atoms with Gasteiger partial charge >= 0.3 is 5.97 Å². The molecule has 0 unspecified atom stereocenters. The van der Waals surface area contributed by atoms with Gasteiger partial charge in [-0.25, -0.2) is 14.8 Å². The van der Waals surface area contributed by atoms with E-state index in [4.69, 9.17) is 15.6 Å². The normalized spacial score (nSPS) is 11.2. The summed E-state index contributed by atoms with van der Waals surface area (Å²) >= 11 is 0. The molecule has 0 aliphatic rings. The first kappa shape index (κ1) is 14.6. The maximum Gasteiger partial charge on any atom is 0.358 e. The highest BCUT2D eigenvalue weighted by atomic mass is 19.3. The molecule has 1 heterocycles. The molecule has 8 heteroatoms. The summed E-state index contributed by atoms with van der Waals surface area (Å²) in [5.41, 5.74) is 3.87. The van der Waals surface area contributed by atoms with Gasteiger partial charge in [0.15, 0.2) is 17.2 Å². The first-order valence-corrected chi connectivity index (χ1v) is 5.81. The summed E-state index contributed by atoms with van der Waals surface area (Å²) in [5.74, 6) is -5.84. The van der Waals surface area contributed by atoms with Gasteiger partial charge in [-0.1, -0.05) is 18.2 Å². The number of hydrogen-bond donors (Lipinski definition) is 2. The lowest BCUT2D eigenvalue weighted by atomic mass is 10.2. The average Bonchev–Trinajstić information content (AvgIpc) is 2.40. The zero-order valence-electron chi connectivity index (χ0n) is 10.9. The molecule has 0 atom stereocenters. The molecule has 110 valence electrons. The smallest absolute Gasteiger partial charge is 0.358 e. The standard InChI is InChI=1S/C13H11F2N3O3/c1-13(14,15)9-11(21-7-5-3-2-4-6-7)17-8(12(19)20)10(16)18-9/h2-6H,1H3,(H2,16,18)(H,19,20). The van der Waals surface area contributed by atoms with Crippen molar-refractivity contribution in [3.8, 4) is 11.6 Å². The number of aromatic carboxylic acids is 1. The highest BCUT2D eigenvalue weighted by molar-refractivity contribution is 5.90. The molecule has 0 fully saturated rings. The van der Waals surface area contributed by atoms with Gasteiger partial charge < -0.3 is 15.6 Å². The number of carbonyl (C=O) groups is 1. The minimum atomic E-state index is -3.39. The highest BCUT2D eigenvalue weighted by Crippen LogP contribution is 2.35. The molecule has 1 aromatic carbocycles. The number of nitrogen functional groups attached to an aromatic ring is 1. The Bertz CT molecular complexity index is 672. The van der Waals surface area contributed by atoms with Crippen molar-refractivity contribution in [2.45, 2.75) is 12.8 Å². The number of alkyl halides is 2. The number of hydrogen-bond acceptors (Lipinski definition) is 5. The molecular formula is C13H11F2N3O3. The fourth-order valence-corrected chi connectivity index (χ4v) is 1.55. The Hall–Kier alpha value is -2.77. The van der Waals surface area contributed by atoms with E-state index in [-0.39, 0.29) is 5.75 Å². The maximum absolute atomic E-state index is 13.5. The van der Waals surface area contributed by atoms with E-state index in [0.717, 1.165) is 0 Å². The minimum Gasteiger partial charge on any atom is -0.476 e. The Balaban J connectivity index is 2.55. The lowest BCUT2D eigenvalue weighted by Gasteiger charge is -2.15. The van der Waals surface area contributed by atoms with E-state index in [9.17, 15) is 13.6 Å². The Kier molecular flexibility index (Phi) is 3.70. The largest absolute Gasteiger partial charge is 0.476 e. The van der Waals surface area contributed by atoms with E-state index in [0.29, 0.717) is 6.92 Å². The van der Waals surface area contributed by atoms with Gasteiger partial charge in [0.25, 0.3) is 5.92 Å². The van der Waals surface area contributed by atoms with Crippen molar-refractivity contribution in [2.75, 3.05) is 5.73 Å². The van der Waals surface area contributed by atoms with Crippen LogP contribution in [0.5, 0.6) is 11.6 Å². The van der Waals surface area contributed by atoms with Crippen LogP contribution >= 0.6 is 0 Å². The topological polar surface area (TPSA) is 98.3 Å². The molecular weight excluding hydrogens is 284 g/mol. The van der Waals surface area contributed by atoms with Crippen molar-refractivity contribution in [3.63, 3.8) is 0 Å². The molecule has 0 aliphatic heterocycles. The van der Waals surface area contributed by atoms with Crippen LogP contribution in [0.1, 0.15) is 23.1 Å². The third-order valence-electron chi connectivity index (χ3n) is 2.47. The van der Waals surface area contributed by atoms with Crippen LogP contribution in [0.25, 0.3) is 0 Å². The van der Waals surface area contributed by atoms with Crippen LogP contribution in [0.3, 0.4) is 0 Å². The van der Waals surface area contributed by atoms with Crippen LogP contribution in [0.2, 0.25) is 0 Å². The summed E-state index contributed by atoms with van der Waals surface area (Å²) < 4.78 is 32.3. The number of carboxylic acids is 1. The third-order valence-corrected chi connectivity index (χ3v) is 2.47. The molecule has 6 nitrogen and oxygen atoms in total. The molecule has 1 aromatic heterocycles. The van der Waals surface area contributed by atoms with Crippen LogP contribution < -0.4 is 10.5 Å². The Morgan fingerprint density at radius 1 is 1.29 bits per heavy atom. The minimum absolute atomic E-state index is 0.221. The molecule has 2 aromatic rings. The lowest BCUT2D eigenvalue weighted by Crippen LogP contribution is -2.17. The number of rotatable bonds is 4. The van der Waals surface area contributed by atoms with Gasteiger partial charge in [0.05, 0.1) is 0 Å². The van der Waals surface area contributed by atoms with Crippen LogP contribution in [-0.2, 0) is 5.92 Å². The maximum atomic E-state index is 13.5. The van der Waals surface area contributed by atoms with Crippen molar-refractivity contribution in [1.29, 1.82) is 0 Å². The summed E-state index contributed by atoms with van der Waals surface area (Å²) in [5, 5.41) is 8.92. The van der Waals surface area contributed by atoms with E-state index < -0.39 is 35.0 Å². The second kappa shape index (κ2) is 5.31. The van der Waals surface area contributed by atoms with Crippen molar-refractivity contribution >= 4 is 11.8 Å². The molecule has 0 aliphatic carbocycles. The van der Waals surface area contributed by atoms with Gasteiger partial charge in [-0.05, 0) is 12.1 Å². The predicted octanol–water partition coefficient (Wildman–Crippen LogP) is 2.66. The van der Waals surface area contributed by atoms with E-state index in [1.165, 1.54) is 12.1 Å². The summed E-state index contributed by atoms with van der Waals surface area (Å²) in [6, 6.07) is 7.98. The summed E-state index contributed by atoms with van der Waals surface area (Å²) in [7, 11) is 0. The Morgan fingerprint density at radius 2 is 1.90 bits per heavy atom. The number of nitrogens with two attached hydrogens (primary N) is 1. The third kappa shape index (κ3) is 3.22. The fraction of sp³-hybridized carbons (Fsp3) is 0.154. The monoisotopic (exact) mass is 295 g/mol. The zero-order chi connectivity index (χ0) is 15.6. The molecule has 0 radical (unpaired) electrons. The molecule has 0 spiro atoms. The van der Waals surface area contributed by atoms with Crippen LogP contribution in [0.4, 0.5) is 14.6 Å². The van der Waals surface area contributed by atoms with Crippen LogP contribution in [0, 0.1) is 0 Å². The van der Waals surface area contributed by atoms with E-state index in [1.807, 2.05) is 0 Å². The van der Waals surface area contributed by atoms with Gasteiger partial charge in [0, 0.05) is 6.92 Å². The van der Waals surface area contributed by atoms with Crippen molar-refractivity contribution in [1.82, 2.24) is 9.97 Å². The number of anilines is 1.